The van der Waals surface area contributed by atoms with Crippen molar-refractivity contribution in [2.24, 2.45) is 0 Å². The number of carbonyl (C=O) groups excluding carboxylic acids is 2. The Hall–Kier alpha value is -2.74. The Kier molecular flexibility index (Phi) is 3.61. The molecule has 0 saturated carbocycles. The molecule has 2 aromatic carbocycles. The first-order chi connectivity index (χ1) is 10.3. The van der Waals surface area contributed by atoms with Crippen molar-refractivity contribution >= 4 is 11.6 Å². The average molecular weight is 274 g/mol. The zero-order chi connectivity index (χ0) is 14.7. The summed E-state index contributed by atoms with van der Waals surface area (Å²) in [6.45, 7) is 0. The van der Waals surface area contributed by atoms with E-state index < -0.39 is 0 Å². The summed E-state index contributed by atoms with van der Waals surface area (Å²) in [5, 5.41) is 0. The van der Waals surface area contributed by atoms with Crippen LogP contribution in [0.4, 0.5) is 0 Å². The van der Waals surface area contributed by atoms with Gasteiger partial charge in [0.05, 0.1) is 0 Å². The van der Waals surface area contributed by atoms with Crippen LogP contribution in [0.1, 0.15) is 38.3 Å². The van der Waals surface area contributed by atoms with Crippen molar-refractivity contribution in [1.29, 1.82) is 0 Å². The van der Waals surface area contributed by atoms with Crippen molar-refractivity contribution in [3.8, 4) is 0 Å². The molecule has 0 saturated heterocycles. The third kappa shape index (κ3) is 2.48. The summed E-state index contributed by atoms with van der Waals surface area (Å²) in [6.07, 6.45) is 9.50. The highest BCUT2D eigenvalue weighted by atomic mass is 16.1. The van der Waals surface area contributed by atoms with Gasteiger partial charge in [-0.3, -0.25) is 9.59 Å². The van der Waals surface area contributed by atoms with Crippen molar-refractivity contribution in [1.82, 2.24) is 0 Å². The highest BCUT2D eigenvalue weighted by molar-refractivity contribution is 6.28. The van der Waals surface area contributed by atoms with Crippen LogP contribution in [0.2, 0.25) is 0 Å². The van der Waals surface area contributed by atoms with Crippen molar-refractivity contribution in [3.05, 3.63) is 95.1 Å². The van der Waals surface area contributed by atoms with Crippen LogP contribution in [0.25, 0.3) is 0 Å². The first-order valence-corrected chi connectivity index (χ1v) is 6.88. The standard InChI is InChI=1S/C14H8O2.C5H6/c15-13-9-5-1-2-6-10(9)14(16)12-8-4-3-7-11(12)13;1-2-4-5-3-1/h1-8H;1-4H,5H2. The van der Waals surface area contributed by atoms with Crippen molar-refractivity contribution < 1.29 is 9.59 Å². The molecule has 4 rings (SSSR count). The van der Waals surface area contributed by atoms with Crippen LogP contribution in [-0.4, -0.2) is 11.6 Å². The fraction of sp³-hybridized carbons (Fsp3) is 0.0526. The van der Waals surface area contributed by atoms with E-state index in [1.807, 2.05) is 0 Å². The molecule has 21 heavy (non-hydrogen) atoms. The van der Waals surface area contributed by atoms with Gasteiger partial charge in [0.25, 0.3) is 0 Å². The van der Waals surface area contributed by atoms with Gasteiger partial charge in [-0.1, -0.05) is 72.8 Å². The Bertz CT molecular complexity index is 651. The molecular formula is C19H14O2. The molecule has 0 radical (unpaired) electrons. The molecule has 2 aliphatic rings. The number of carbonyl (C=O) groups is 2. The zero-order valence-electron chi connectivity index (χ0n) is 11.5. The highest BCUT2D eigenvalue weighted by Gasteiger charge is 2.28. The number of ketones is 2. The maximum atomic E-state index is 12.1. The molecule has 0 aromatic heterocycles. The third-order valence-corrected chi connectivity index (χ3v) is 3.49. The quantitative estimate of drug-likeness (QED) is 0.621. The van der Waals surface area contributed by atoms with Gasteiger partial charge in [-0.15, -0.1) is 0 Å². The summed E-state index contributed by atoms with van der Waals surface area (Å²) in [5.41, 5.74) is 2.02. The van der Waals surface area contributed by atoms with Gasteiger partial charge in [0.15, 0.2) is 11.6 Å². The van der Waals surface area contributed by atoms with Gasteiger partial charge in [-0.25, -0.2) is 0 Å². The molecule has 2 aliphatic carbocycles. The van der Waals surface area contributed by atoms with E-state index in [0.717, 1.165) is 6.42 Å². The van der Waals surface area contributed by atoms with E-state index in [2.05, 4.69) is 24.3 Å². The SMILES string of the molecule is C1=CCC=C1.O=C1c2ccccc2C(=O)c2ccccc21. The van der Waals surface area contributed by atoms with Crippen molar-refractivity contribution in [2.45, 2.75) is 6.42 Å². The predicted octanol–water partition coefficient (Wildman–Crippen LogP) is 3.96. The minimum Gasteiger partial charge on any atom is -0.289 e. The van der Waals surface area contributed by atoms with Crippen LogP contribution in [0, 0.1) is 0 Å². The minimum atomic E-state index is -0.0641. The number of benzene rings is 2. The molecule has 0 spiro atoms. The fourth-order valence-electron chi connectivity index (χ4n) is 2.44. The Morgan fingerprint density at radius 1 is 0.571 bits per heavy atom. The van der Waals surface area contributed by atoms with Gasteiger partial charge in [0, 0.05) is 22.3 Å². The summed E-state index contributed by atoms with van der Waals surface area (Å²) in [7, 11) is 0. The van der Waals surface area contributed by atoms with E-state index in [4.69, 9.17) is 0 Å². The molecule has 0 bridgehead atoms. The van der Waals surface area contributed by atoms with Crippen LogP contribution in [-0.2, 0) is 0 Å². The smallest absolute Gasteiger partial charge is 0.194 e. The number of hydrogen-bond donors (Lipinski definition) is 0. The van der Waals surface area contributed by atoms with Crippen LogP contribution in [0.5, 0.6) is 0 Å². The second kappa shape index (κ2) is 5.71. The molecule has 0 atom stereocenters. The van der Waals surface area contributed by atoms with Crippen LogP contribution < -0.4 is 0 Å². The van der Waals surface area contributed by atoms with Gasteiger partial charge < -0.3 is 0 Å². The second-order valence-electron chi connectivity index (χ2n) is 4.84. The first kappa shape index (κ1) is 13.3. The lowest BCUT2D eigenvalue weighted by atomic mass is 9.84. The van der Waals surface area contributed by atoms with E-state index in [0.29, 0.717) is 22.3 Å². The van der Waals surface area contributed by atoms with Gasteiger partial charge in [0.2, 0.25) is 0 Å². The van der Waals surface area contributed by atoms with Gasteiger partial charge in [-0.05, 0) is 6.42 Å². The van der Waals surface area contributed by atoms with E-state index in [1.165, 1.54) is 0 Å². The predicted molar refractivity (Wildman–Crippen MR) is 82.6 cm³/mol. The molecule has 0 amide bonds. The van der Waals surface area contributed by atoms with Gasteiger partial charge in [0.1, 0.15) is 0 Å². The number of fused-ring (bicyclic) bond motifs is 2. The van der Waals surface area contributed by atoms with Crippen LogP contribution >= 0.6 is 0 Å². The molecule has 2 nitrogen and oxygen atoms in total. The molecule has 2 heteroatoms. The summed E-state index contributed by atoms with van der Waals surface area (Å²) in [4.78, 5) is 24.2. The molecule has 0 N–H and O–H groups in total. The summed E-state index contributed by atoms with van der Waals surface area (Å²) in [5.74, 6) is -0.128. The number of hydrogen-bond acceptors (Lipinski definition) is 2. The zero-order valence-corrected chi connectivity index (χ0v) is 11.5. The summed E-state index contributed by atoms with van der Waals surface area (Å²) >= 11 is 0. The molecule has 2 aromatic rings. The molecule has 0 aliphatic heterocycles. The maximum Gasteiger partial charge on any atom is 0.194 e. The Morgan fingerprint density at radius 3 is 1.14 bits per heavy atom. The lowest BCUT2D eigenvalue weighted by Crippen LogP contribution is -2.20. The monoisotopic (exact) mass is 274 g/mol. The molecule has 0 fully saturated rings. The number of allylic oxidation sites excluding steroid dienone is 4. The topological polar surface area (TPSA) is 34.1 Å². The minimum absolute atomic E-state index is 0.0641. The van der Waals surface area contributed by atoms with Crippen LogP contribution in [0.3, 0.4) is 0 Å². The second-order valence-corrected chi connectivity index (χ2v) is 4.84. The third-order valence-electron chi connectivity index (χ3n) is 3.49. The Balaban J connectivity index is 0.000000225. The van der Waals surface area contributed by atoms with E-state index in [9.17, 15) is 9.59 Å². The maximum absolute atomic E-state index is 12.1. The van der Waals surface area contributed by atoms with Gasteiger partial charge in [-0.2, -0.15) is 0 Å². The van der Waals surface area contributed by atoms with Gasteiger partial charge >= 0.3 is 0 Å². The fourth-order valence-corrected chi connectivity index (χ4v) is 2.44. The van der Waals surface area contributed by atoms with E-state index in [-0.39, 0.29) is 11.6 Å². The van der Waals surface area contributed by atoms with Crippen molar-refractivity contribution in [2.75, 3.05) is 0 Å². The molecule has 0 heterocycles. The number of rotatable bonds is 0. The summed E-state index contributed by atoms with van der Waals surface area (Å²) in [6, 6.07) is 13.9. The van der Waals surface area contributed by atoms with E-state index in [1.54, 1.807) is 48.5 Å². The molecular weight excluding hydrogens is 260 g/mol. The summed E-state index contributed by atoms with van der Waals surface area (Å²) < 4.78 is 0. The normalized spacial score (nSPS) is 14.3. The Morgan fingerprint density at radius 2 is 0.905 bits per heavy atom. The largest absolute Gasteiger partial charge is 0.289 e. The first-order valence-electron chi connectivity index (χ1n) is 6.88. The Labute approximate surface area is 123 Å². The lowest BCUT2D eigenvalue weighted by molar-refractivity contribution is 0.0979. The van der Waals surface area contributed by atoms with Crippen LogP contribution in [0.15, 0.2) is 72.8 Å². The van der Waals surface area contributed by atoms with E-state index >= 15 is 0 Å². The molecule has 0 unspecified atom stereocenters. The molecule has 102 valence electrons. The lowest BCUT2D eigenvalue weighted by Gasteiger charge is -2.16. The average Bonchev–Trinajstić information content (AvgIpc) is 3.12. The van der Waals surface area contributed by atoms with Crippen molar-refractivity contribution in [3.63, 3.8) is 0 Å². The highest BCUT2D eigenvalue weighted by Crippen LogP contribution is 2.26.